The van der Waals surface area contributed by atoms with E-state index in [2.05, 4.69) is 31.7 Å². The normalized spacial score (nSPS) is 32.9. The monoisotopic (exact) mass is 317 g/mol. The van der Waals surface area contributed by atoms with Crippen LogP contribution in [0.4, 0.5) is 5.69 Å². The van der Waals surface area contributed by atoms with Gasteiger partial charge in [-0.3, -0.25) is 0 Å². The molecule has 0 aliphatic carbocycles. The van der Waals surface area contributed by atoms with E-state index in [0.717, 1.165) is 31.2 Å². The van der Waals surface area contributed by atoms with Crippen molar-refractivity contribution < 1.29 is 9.84 Å². The predicted molar refractivity (Wildman–Crippen MR) is 94.9 cm³/mol. The third-order valence-electron chi connectivity index (χ3n) is 6.14. The van der Waals surface area contributed by atoms with E-state index in [1.165, 1.54) is 19.3 Å². The summed E-state index contributed by atoms with van der Waals surface area (Å²) in [6, 6.07) is 8.26. The number of phenolic OH excluding ortho intramolecular Hbond substituents is 1. The summed E-state index contributed by atoms with van der Waals surface area (Å²) in [6.07, 6.45) is 5.17. The van der Waals surface area contributed by atoms with Gasteiger partial charge in [-0.1, -0.05) is 26.8 Å². The summed E-state index contributed by atoms with van der Waals surface area (Å²) in [6.45, 7) is 9.09. The highest BCUT2D eigenvalue weighted by Gasteiger charge is 2.41. The molecule has 0 bridgehead atoms. The minimum Gasteiger partial charge on any atom is -0.508 e. The molecule has 128 valence electrons. The maximum Gasteiger partial charge on any atom is 0.117 e. The van der Waals surface area contributed by atoms with E-state index in [1.54, 1.807) is 6.07 Å². The van der Waals surface area contributed by atoms with Crippen LogP contribution in [-0.4, -0.2) is 30.4 Å². The van der Waals surface area contributed by atoms with Crippen molar-refractivity contribution in [3.8, 4) is 5.75 Å². The third-order valence-corrected chi connectivity index (χ3v) is 6.14. The number of nitrogens with zero attached hydrogens (tertiary/aromatic N) is 1. The van der Waals surface area contributed by atoms with Crippen LogP contribution in [0.15, 0.2) is 24.3 Å². The quantitative estimate of drug-likeness (QED) is 0.890. The summed E-state index contributed by atoms with van der Waals surface area (Å²) in [4.78, 5) is 2.54. The number of phenols is 1. The Hall–Kier alpha value is -1.22. The first-order chi connectivity index (χ1) is 11.1. The molecule has 2 aliphatic rings. The molecule has 2 fully saturated rings. The van der Waals surface area contributed by atoms with Crippen molar-refractivity contribution in [3.63, 3.8) is 0 Å². The first-order valence-electron chi connectivity index (χ1n) is 9.29. The van der Waals surface area contributed by atoms with Gasteiger partial charge in [0.1, 0.15) is 5.75 Å². The summed E-state index contributed by atoms with van der Waals surface area (Å²) in [5, 5.41) is 9.90. The van der Waals surface area contributed by atoms with Crippen molar-refractivity contribution in [2.24, 2.45) is 17.8 Å². The minimum atomic E-state index is 0.359. The van der Waals surface area contributed by atoms with Gasteiger partial charge in [-0.2, -0.15) is 0 Å². The third kappa shape index (κ3) is 3.35. The van der Waals surface area contributed by atoms with Crippen molar-refractivity contribution in [2.45, 2.75) is 58.6 Å². The van der Waals surface area contributed by atoms with Crippen LogP contribution in [0.2, 0.25) is 0 Å². The molecule has 5 unspecified atom stereocenters. The lowest BCUT2D eigenvalue weighted by molar-refractivity contribution is 0.0302. The van der Waals surface area contributed by atoms with Crippen LogP contribution in [0.1, 0.15) is 46.5 Å². The molecular formula is C20H31NO2. The highest BCUT2D eigenvalue weighted by atomic mass is 16.5. The summed E-state index contributed by atoms with van der Waals surface area (Å²) in [5.74, 6) is 2.31. The molecule has 3 heteroatoms. The van der Waals surface area contributed by atoms with Gasteiger partial charge in [0.2, 0.25) is 0 Å². The number of ether oxygens (including phenoxy) is 1. The second-order valence-corrected chi connectivity index (χ2v) is 7.45. The van der Waals surface area contributed by atoms with Crippen molar-refractivity contribution in [1.82, 2.24) is 0 Å². The molecule has 2 heterocycles. The summed E-state index contributed by atoms with van der Waals surface area (Å²) < 4.78 is 6.07. The van der Waals surface area contributed by atoms with Crippen LogP contribution in [0, 0.1) is 17.8 Å². The van der Waals surface area contributed by atoms with E-state index < -0.39 is 0 Å². The second-order valence-electron chi connectivity index (χ2n) is 7.45. The van der Waals surface area contributed by atoms with E-state index >= 15 is 0 Å². The maximum absolute atomic E-state index is 9.90. The van der Waals surface area contributed by atoms with Crippen molar-refractivity contribution in [3.05, 3.63) is 24.3 Å². The number of hydrogen-bond donors (Lipinski definition) is 1. The number of benzene rings is 1. The van der Waals surface area contributed by atoms with Gasteiger partial charge in [0.25, 0.3) is 0 Å². The summed E-state index contributed by atoms with van der Waals surface area (Å²) in [5.41, 5.74) is 1.16. The lowest BCUT2D eigenvalue weighted by Gasteiger charge is -2.49. The van der Waals surface area contributed by atoms with Gasteiger partial charge in [0.15, 0.2) is 0 Å². The Bertz CT molecular complexity index is 512. The Morgan fingerprint density at radius 2 is 2.13 bits per heavy atom. The molecule has 23 heavy (non-hydrogen) atoms. The van der Waals surface area contributed by atoms with Gasteiger partial charge in [0.05, 0.1) is 6.10 Å². The average Bonchev–Trinajstić information content (AvgIpc) is 3.06. The Morgan fingerprint density at radius 1 is 1.30 bits per heavy atom. The molecule has 3 rings (SSSR count). The second kappa shape index (κ2) is 7.12. The lowest BCUT2D eigenvalue weighted by atomic mass is 9.73. The highest BCUT2D eigenvalue weighted by Crippen LogP contribution is 2.40. The number of rotatable bonds is 4. The Labute approximate surface area is 140 Å². The number of aromatic hydroxyl groups is 1. The zero-order chi connectivity index (χ0) is 16.4. The molecule has 2 aliphatic heterocycles. The van der Waals surface area contributed by atoms with Crippen LogP contribution < -0.4 is 4.90 Å². The average molecular weight is 317 g/mol. The van der Waals surface area contributed by atoms with Crippen LogP contribution in [0.5, 0.6) is 5.75 Å². The van der Waals surface area contributed by atoms with Crippen molar-refractivity contribution in [2.75, 3.05) is 18.1 Å². The molecule has 2 saturated heterocycles. The molecule has 0 aromatic heterocycles. The van der Waals surface area contributed by atoms with E-state index in [-0.39, 0.29) is 0 Å². The van der Waals surface area contributed by atoms with E-state index in [4.69, 9.17) is 4.74 Å². The number of piperidine rings is 1. The molecule has 0 saturated carbocycles. The number of hydrogen-bond acceptors (Lipinski definition) is 3. The van der Waals surface area contributed by atoms with E-state index in [9.17, 15) is 5.11 Å². The Kier molecular flexibility index (Phi) is 5.15. The summed E-state index contributed by atoms with van der Waals surface area (Å²) >= 11 is 0. The van der Waals surface area contributed by atoms with Crippen LogP contribution in [-0.2, 0) is 4.74 Å². The molecule has 1 N–H and O–H groups in total. The molecule has 1 aromatic rings. The molecule has 0 spiro atoms. The molecule has 5 atom stereocenters. The van der Waals surface area contributed by atoms with Gasteiger partial charge in [0, 0.05) is 36.9 Å². The topological polar surface area (TPSA) is 32.7 Å². The van der Waals surface area contributed by atoms with E-state index in [0.29, 0.717) is 29.7 Å². The summed E-state index contributed by atoms with van der Waals surface area (Å²) in [7, 11) is 0. The van der Waals surface area contributed by atoms with Crippen LogP contribution >= 0.6 is 0 Å². The fourth-order valence-corrected chi connectivity index (χ4v) is 4.63. The zero-order valence-electron chi connectivity index (χ0n) is 14.7. The Morgan fingerprint density at radius 3 is 2.78 bits per heavy atom. The molecule has 1 aromatic carbocycles. The maximum atomic E-state index is 9.90. The van der Waals surface area contributed by atoms with Gasteiger partial charge in [-0.25, -0.2) is 0 Å². The molecule has 0 radical (unpaired) electrons. The first kappa shape index (κ1) is 16.6. The zero-order valence-corrected chi connectivity index (χ0v) is 14.7. The first-order valence-corrected chi connectivity index (χ1v) is 9.29. The largest absolute Gasteiger partial charge is 0.508 e. The smallest absolute Gasteiger partial charge is 0.117 e. The lowest BCUT2D eigenvalue weighted by Crippen LogP contribution is -2.54. The van der Waals surface area contributed by atoms with Crippen molar-refractivity contribution in [1.29, 1.82) is 0 Å². The minimum absolute atomic E-state index is 0.359. The van der Waals surface area contributed by atoms with Gasteiger partial charge >= 0.3 is 0 Å². The van der Waals surface area contributed by atoms with Crippen LogP contribution in [0.3, 0.4) is 0 Å². The Balaban J connectivity index is 1.92. The SMILES string of the molecule is CCC(C1CCCO1)C1C(C)C(C)CCN1c1cccc(O)c1. The predicted octanol–water partition coefficient (Wildman–Crippen LogP) is 4.45. The van der Waals surface area contributed by atoms with Crippen molar-refractivity contribution >= 4 is 5.69 Å². The fraction of sp³-hybridized carbons (Fsp3) is 0.700. The standard InChI is InChI=1S/C20H31NO2/c1-4-18(19-9-6-12-23-19)20-15(3)14(2)10-11-21(20)16-7-5-8-17(22)13-16/h5,7-8,13-15,18-20,22H,4,6,9-12H2,1-3H3. The highest BCUT2D eigenvalue weighted by molar-refractivity contribution is 5.52. The molecule has 3 nitrogen and oxygen atoms in total. The van der Waals surface area contributed by atoms with Crippen LogP contribution in [0.25, 0.3) is 0 Å². The fourth-order valence-electron chi connectivity index (χ4n) is 4.63. The van der Waals surface area contributed by atoms with E-state index in [1.807, 2.05) is 12.1 Å². The van der Waals surface area contributed by atoms with Gasteiger partial charge in [-0.15, -0.1) is 0 Å². The van der Waals surface area contributed by atoms with Gasteiger partial charge < -0.3 is 14.7 Å². The number of anilines is 1. The molecular weight excluding hydrogens is 286 g/mol. The van der Waals surface area contributed by atoms with Gasteiger partial charge in [-0.05, 0) is 49.7 Å². The molecule has 0 amide bonds.